The largest absolute Gasteiger partial charge is 0.491 e. The van der Waals surface area contributed by atoms with Gasteiger partial charge in [0, 0.05) is 11.3 Å². The Morgan fingerprint density at radius 2 is 1.91 bits per heavy atom. The van der Waals surface area contributed by atoms with Crippen molar-refractivity contribution in [2.45, 2.75) is 26.4 Å². The number of fused-ring (bicyclic) bond motifs is 1. The van der Waals surface area contributed by atoms with Crippen molar-refractivity contribution < 1.29 is 13.9 Å². The van der Waals surface area contributed by atoms with E-state index < -0.39 is 0 Å². The predicted octanol–water partition coefficient (Wildman–Crippen LogP) is 6.45. The van der Waals surface area contributed by atoms with Gasteiger partial charge in [0.05, 0.1) is 16.7 Å². The Kier molecular flexibility index (Phi) is 6.91. The number of carbonyl (C=O) groups excluding carboxylic acids is 1. The van der Waals surface area contributed by atoms with Gasteiger partial charge in [-0.3, -0.25) is 10.1 Å². The van der Waals surface area contributed by atoms with Gasteiger partial charge in [-0.1, -0.05) is 30.7 Å². The van der Waals surface area contributed by atoms with Gasteiger partial charge in [0.25, 0.3) is 5.91 Å². The molecule has 1 heterocycles. The van der Waals surface area contributed by atoms with E-state index in [2.05, 4.69) is 22.5 Å². The zero-order valence-electron chi connectivity index (χ0n) is 18.1. The lowest BCUT2D eigenvalue weighted by molar-refractivity contribution is 0.0977. The molecule has 1 aromatic heterocycles. The number of halogens is 1. The van der Waals surface area contributed by atoms with E-state index in [1.54, 1.807) is 48.5 Å². The third kappa shape index (κ3) is 5.50. The molecule has 0 fully saturated rings. The van der Waals surface area contributed by atoms with Crippen molar-refractivity contribution >= 4 is 51.6 Å². The summed E-state index contributed by atoms with van der Waals surface area (Å²) >= 11 is 11.5. The number of hydrogen-bond donors (Lipinski definition) is 2. The molecule has 1 atom stereocenters. The average molecular weight is 480 g/mol. The molecule has 4 rings (SSSR count). The van der Waals surface area contributed by atoms with Crippen molar-refractivity contribution in [2.24, 2.45) is 0 Å². The van der Waals surface area contributed by atoms with Crippen molar-refractivity contribution in [1.82, 2.24) is 10.3 Å². The van der Waals surface area contributed by atoms with Crippen LogP contribution in [-0.2, 0) is 0 Å². The maximum absolute atomic E-state index is 12.5. The van der Waals surface area contributed by atoms with Crippen molar-refractivity contribution in [3.63, 3.8) is 0 Å². The van der Waals surface area contributed by atoms with Gasteiger partial charge < -0.3 is 14.5 Å². The zero-order chi connectivity index (χ0) is 23.4. The number of benzene rings is 3. The van der Waals surface area contributed by atoms with Crippen LogP contribution in [0.5, 0.6) is 5.75 Å². The first-order valence-corrected chi connectivity index (χ1v) is 11.3. The van der Waals surface area contributed by atoms with E-state index in [0.717, 1.165) is 12.2 Å². The van der Waals surface area contributed by atoms with Crippen LogP contribution in [0.25, 0.3) is 22.6 Å². The number of aromatic nitrogens is 1. The number of amides is 1. The summed E-state index contributed by atoms with van der Waals surface area (Å²) in [6.07, 6.45) is 1.02. The molecule has 1 amide bonds. The highest BCUT2D eigenvalue weighted by Crippen LogP contribution is 2.30. The minimum absolute atomic E-state index is 0.115. The highest BCUT2D eigenvalue weighted by Gasteiger charge is 2.13. The molecule has 0 aliphatic heterocycles. The molecule has 3 aromatic carbocycles. The van der Waals surface area contributed by atoms with Gasteiger partial charge >= 0.3 is 0 Å². The number of oxazole rings is 1. The second-order valence-corrected chi connectivity index (χ2v) is 8.27. The Balaban J connectivity index is 1.41. The van der Waals surface area contributed by atoms with Crippen molar-refractivity contribution in [1.29, 1.82) is 0 Å². The second kappa shape index (κ2) is 10.0. The number of hydrogen-bond acceptors (Lipinski definition) is 5. The minimum atomic E-state index is -0.314. The summed E-state index contributed by atoms with van der Waals surface area (Å²) in [6.45, 7) is 4.05. The molecule has 0 bridgehead atoms. The fraction of sp³-hybridized carbons (Fsp3) is 0.160. The fourth-order valence-corrected chi connectivity index (χ4v) is 3.52. The van der Waals surface area contributed by atoms with Gasteiger partial charge in [-0.15, -0.1) is 0 Å². The maximum atomic E-state index is 12.5. The molecular weight excluding hydrogens is 458 g/mol. The Morgan fingerprint density at radius 1 is 1.15 bits per heavy atom. The van der Waals surface area contributed by atoms with Crippen LogP contribution >= 0.6 is 23.8 Å². The first kappa shape index (κ1) is 22.8. The molecule has 0 radical (unpaired) electrons. The maximum Gasteiger partial charge on any atom is 0.257 e. The zero-order valence-corrected chi connectivity index (χ0v) is 19.7. The molecule has 2 N–H and O–H groups in total. The summed E-state index contributed by atoms with van der Waals surface area (Å²) < 4.78 is 11.6. The number of nitrogens with zero attached hydrogens (tertiary/aromatic N) is 1. The third-order valence-electron chi connectivity index (χ3n) is 5.01. The quantitative estimate of drug-likeness (QED) is 0.309. The van der Waals surface area contributed by atoms with Crippen molar-refractivity contribution in [2.75, 3.05) is 5.32 Å². The minimum Gasteiger partial charge on any atom is -0.491 e. The lowest BCUT2D eigenvalue weighted by Gasteiger charge is -2.13. The smallest absolute Gasteiger partial charge is 0.257 e. The molecule has 168 valence electrons. The molecule has 4 aromatic rings. The van der Waals surface area contributed by atoms with Gasteiger partial charge in [-0.25, -0.2) is 4.98 Å². The van der Waals surface area contributed by atoms with Gasteiger partial charge in [0.1, 0.15) is 11.3 Å². The highest BCUT2D eigenvalue weighted by molar-refractivity contribution is 7.80. The summed E-state index contributed by atoms with van der Waals surface area (Å²) in [5, 5.41) is 6.43. The van der Waals surface area contributed by atoms with Crippen LogP contribution in [0.4, 0.5) is 5.69 Å². The number of carbonyl (C=O) groups is 1. The number of ether oxygens (including phenoxy) is 1. The lowest BCUT2D eigenvalue weighted by atomic mass is 10.2. The van der Waals surface area contributed by atoms with E-state index in [0.29, 0.717) is 38.8 Å². The predicted molar refractivity (Wildman–Crippen MR) is 135 cm³/mol. The topological polar surface area (TPSA) is 76.4 Å². The number of thiocarbonyl (C=S) groups is 1. The van der Waals surface area contributed by atoms with Crippen LogP contribution in [0.1, 0.15) is 30.6 Å². The molecule has 8 heteroatoms. The molecule has 0 unspecified atom stereocenters. The van der Waals surface area contributed by atoms with Crippen LogP contribution in [0.2, 0.25) is 5.02 Å². The number of anilines is 1. The van der Waals surface area contributed by atoms with Crippen LogP contribution in [-0.4, -0.2) is 22.1 Å². The Hall–Kier alpha value is -3.42. The van der Waals surface area contributed by atoms with Gasteiger partial charge in [-0.05, 0) is 80.2 Å². The Morgan fingerprint density at radius 3 is 2.64 bits per heavy atom. The molecule has 0 spiro atoms. The molecule has 33 heavy (non-hydrogen) atoms. The molecule has 0 aliphatic rings. The van der Waals surface area contributed by atoms with Crippen LogP contribution in [0.3, 0.4) is 0 Å². The summed E-state index contributed by atoms with van der Waals surface area (Å²) in [5.74, 6) is 0.842. The summed E-state index contributed by atoms with van der Waals surface area (Å²) in [7, 11) is 0. The normalized spacial score (nSPS) is 11.7. The first-order valence-electron chi connectivity index (χ1n) is 10.5. The van der Waals surface area contributed by atoms with E-state index in [9.17, 15) is 4.79 Å². The van der Waals surface area contributed by atoms with Gasteiger partial charge in [0.2, 0.25) is 5.89 Å². The van der Waals surface area contributed by atoms with Gasteiger partial charge in [0.15, 0.2) is 10.7 Å². The Bertz CT molecular complexity index is 1300. The van der Waals surface area contributed by atoms with Crippen LogP contribution < -0.4 is 15.4 Å². The number of rotatable bonds is 6. The summed E-state index contributed by atoms with van der Waals surface area (Å²) in [6, 6.07) is 19.7. The molecular formula is C25H22ClN3O3S. The molecule has 6 nitrogen and oxygen atoms in total. The Labute approximate surface area is 201 Å². The molecule has 0 aliphatic carbocycles. The first-order chi connectivity index (χ1) is 15.9. The van der Waals surface area contributed by atoms with E-state index in [1.165, 1.54) is 0 Å². The monoisotopic (exact) mass is 479 g/mol. The van der Waals surface area contributed by atoms with E-state index in [1.807, 2.05) is 25.1 Å². The lowest BCUT2D eigenvalue weighted by Crippen LogP contribution is -2.34. The molecule has 0 saturated heterocycles. The SMILES string of the molecule is CC[C@@H](C)Oc1ccc(C(=O)NC(=S)Nc2ccc3oc(-c4ccccc4Cl)nc3c2)cc1. The van der Waals surface area contributed by atoms with Crippen molar-refractivity contribution in [3.8, 4) is 17.2 Å². The standard InChI is InChI=1S/C25H22ClN3O3S/c1-3-15(2)31-18-11-8-16(9-12-18)23(30)29-25(33)27-17-10-13-22-21(14-17)28-24(32-22)19-6-4-5-7-20(19)26/h4-15H,3H2,1-2H3,(H2,27,29,30,33)/t15-/m1/s1. The van der Waals surface area contributed by atoms with Crippen LogP contribution in [0.15, 0.2) is 71.1 Å². The summed E-state index contributed by atoms with van der Waals surface area (Å²) in [5.41, 5.74) is 3.12. The highest BCUT2D eigenvalue weighted by atomic mass is 35.5. The van der Waals surface area contributed by atoms with E-state index in [-0.39, 0.29) is 17.1 Å². The fourth-order valence-electron chi connectivity index (χ4n) is 3.09. The average Bonchev–Trinajstić information content (AvgIpc) is 3.22. The third-order valence-corrected chi connectivity index (χ3v) is 5.54. The van der Waals surface area contributed by atoms with E-state index >= 15 is 0 Å². The summed E-state index contributed by atoms with van der Waals surface area (Å²) in [4.78, 5) is 17.0. The van der Waals surface area contributed by atoms with Gasteiger partial charge in [-0.2, -0.15) is 0 Å². The van der Waals surface area contributed by atoms with E-state index in [4.69, 9.17) is 33.0 Å². The number of nitrogens with one attached hydrogen (secondary N) is 2. The second-order valence-electron chi connectivity index (χ2n) is 7.45. The van der Waals surface area contributed by atoms with Crippen LogP contribution in [0, 0.1) is 0 Å². The van der Waals surface area contributed by atoms with Crippen molar-refractivity contribution in [3.05, 3.63) is 77.3 Å². The molecule has 0 saturated carbocycles.